The molecule has 2 fully saturated rings. The molecule has 1 aromatic heterocycles. The van der Waals surface area contributed by atoms with E-state index in [1.807, 2.05) is 6.07 Å². The van der Waals surface area contributed by atoms with Gasteiger partial charge in [-0.15, -0.1) is 0 Å². The summed E-state index contributed by atoms with van der Waals surface area (Å²) >= 11 is 6.03. The van der Waals surface area contributed by atoms with Crippen LogP contribution in [0.3, 0.4) is 0 Å². The lowest BCUT2D eigenvalue weighted by Gasteiger charge is -2.38. The first-order chi connectivity index (χ1) is 8.15. The Bertz CT molecular complexity index is 425. The van der Waals surface area contributed by atoms with E-state index in [2.05, 4.69) is 22.2 Å². The third-order valence-corrected chi connectivity index (χ3v) is 4.11. The predicted molar refractivity (Wildman–Crippen MR) is 69.5 cm³/mol. The summed E-state index contributed by atoms with van der Waals surface area (Å²) in [5, 5.41) is 3.97. The molecule has 0 amide bonds. The van der Waals surface area contributed by atoms with Crippen LogP contribution < -0.4 is 5.32 Å². The minimum Gasteiger partial charge on any atom is -0.369 e. The molecule has 0 spiro atoms. The monoisotopic (exact) mass is 251 g/mol. The van der Waals surface area contributed by atoms with Crippen molar-refractivity contribution in [1.82, 2.24) is 9.97 Å². The lowest BCUT2D eigenvalue weighted by Crippen LogP contribution is -2.33. The second-order valence-electron chi connectivity index (χ2n) is 5.73. The molecule has 0 atom stereocenters. The summed E-state index contributed by atoms with van der Waals surface area (Å²) in [5.41, 5.74) is 0.456. The molecule has 0 aromatic carbocycles. The topological polar surface area (TPSA) is 37.8 Å². The van der Waals surface area contributed by atoms with Gasteiger partial charge in [-0.1, -0.05) is 24.9 Å². The zero-order chi connectivity index (χ0) is 11.9. The maximum absolute atomic E-state index is 6.03. The Kier molecular flexibility index (Phi) is 2.74. The van der Waals surface area contributed by atoms with Gasteiger partial charge in [-0.2, -0.15) is 0 Å². The van der Waals surface area contributed by atoms with Crippen molar-refractivity contribution in [2.75, 3.05) is 11.9 Å². The van der Waals surface area contributed by atoms with Crippen molar-refractivity contribution in [1.29, 1.82) is 0 Å². The van der Waals surface area contributed by atoms with E-state index in [4.69, 9.17) is 11.6 Å². The second-order valence-corrected chi connectivity index (χ2v) is 6.11. The molecule has 2 aliphatic rings. The standard InChI is InChI=1S/C13H18ClN3/c1-13(5-2-6-13)8-15-11-7-10(14)16-12(17-11)9-3-4-9/h7,9H,2-6,8H2,1H3,(H,15,16,17). The first-order valence-electron chi connectivity index (χ1n) is 6.43. The van der Waals surface area contributed by atoms with Crippen LogP contribution in [0, 0.1) is 5.41 Å². The van der Waals surface area contributed by atoms with Crippen molar-refractivity contribution in [2.45, 2.75) is 44.9 Å². The molecule has 17 heavy (non-hydrogen) atoms. The van der Waals surface area contributed by atoms with Crippen LogP contribution in [0.5, 0.6) is 0 Å². The van der Waals surface area contributed by atoms with Crippen molar-refractivity contribution in [3.05, 3.63) is 17.0 Å². The van der Waals surface area contributed by atoms with Gasteiger partial charge in [-0.05, 0) is 31.1 Å². The lowest BCUT2D eigenvalue weighted by atomic mass is 9.70. The van der Waals surface area contributed by atoms with Gasteiger partial charge in [0.15, 0.2) is 0 Å². The van der Waals surface area contributed by atoms with E-state index in [0.29, 0.717) is 16.5 Å². The molecule has 0 radical (unpaired) electrons. The maximum atomic E-state index is 6.03. The number of nitrogens with one attached hydrogen (secondary N) is 1. The van der Waals surface area contributed by atoms with E-state index >= 15 is 0 Å². The molecule has 4 heteroatoms. The van der Waals surface area contributed by atoms with Gasteiger partial charge in [0.05, 0.1) is 0 Å². The highest BCUT2D eigenvalue weighted by Crippen LogP contribution is 2.41. The molecule has 0 aliphatic heterocycles. The molecule has 1 N–H and O–H groups in total. The van der Waals surface area contributed by atoms with Gasteiger partial charge in [0.25, 0.3) is 0 Å². The second kappa shape index (κ2) is 4.13. The average Bonchev–Trinajstić information content (AvgIpc) is 3.06. The van der Waals surface area contributed by atoms with Crippen LogP contribution in [0.4, 0.5) is 5.82 Å². The Morgan fingerprint density at radius 1 is 1.41 bits per heavy atom. The fourth-order valence-corrected chi connectivity index (χ4v) is 2.50. The molecule has 3 rings (SSSR count). The summed E-state index contributed by atoms with van der Waals surface area (Å²) in [4.78, 5) is 8.84. The summed E-state index contributed by atoms with van der Waals surface area (Å²) in [5.74, 6) is 2.35. The Morgan fingerprint density at radius 3 is 2.76 bits per heavy atom. The minimum absolute atomic E-state index is 0.456. The Hall–Kier alpha value is -0.830. The molecule has 3 nitrogen and oxygen atoms in total. The highest BCUT2D eigenvalue weighted by Gasteiger charge is 2.32. The lowest BCUT2D eigenvalue weighted by molar-refractivity contribution is 0.180. The highest BCUT2D eigenvalue weighted by molar-refractivity contribution is 6.29. The van der Waals surface area contributed by atoms with Crippen LogP contribution >= 0.6 is 11.6 Å². The molecular formula is C13H18ClN3. The van der Waals surface area contributed by atoms with Crippen LogP contribution in [0.25, 0.3) is 0 Å². The fraction of sp³-hybridized carbons (Fsp3) is 0.692. The van der Waals surface area contributed by atoms with Crippen molar-refractivity contribution >= 4 is 17.4 Å². The normalized spacial score (nSPS) is 22.0. The minimum atomic E-state index is 0.456. The number of hydrogen-bond donors (Lipinski definition) is 1. The molecule has 2 saturated carbocycles. The molecule has 0 saturated heterocycles. The van der Waals surface area contributed by atoms with E-state index in [1.54, 1.807) is 0 Å². The molecule has 1 heterocycles. The van der Waals surface area contributed by atoms with E-state index in [1.165, 1.54) is 32.1 Å². The van der Waals surface area contributed by atoms with Crippen LogP contribution in [0.2, 0.25) is 5.15 Å². The van der Waals surface area contributed by atoms with Crippen molar-refractivity contribution in [3.63, 3.8) is 0 Å². The predicted octanol–water partition coefficient (Wildman–Crippen LogP) is 3.61. The third-order valence-electron chi connectivity index (χ3n) is 3.91. The quantitative estimate of drug-likeness (QED) is 0.831. The Balaban J connectivity index is 1.69. The van der Waals surface area contributed by atoms with Crippen molar-refractivity contribution in [3.8, 4) is 0 Å². The molecule has 2 aliphatic carbocycles. The van der Waals surface area contributed by atoms with E-state index in [-0.39, 0.29) is 0 Å². The zero-order valence-corrected chi connectivity index (χ0v) is 10.9. The number of hydrogen-bond acceptors (Lipinski definition) is 3. The summed E-state index contributed by atoms with van der Waals surface area (Å²) in [6.07, 6.45) is 6.40. The fourth-order valence-electron chi connectivity index (χ4n) is 2.31. The molecule has 92 valence electrons. The highest BCUT2D eigenvalue weighted by atomic mass is 35.5. The van der Waals surface area contributed by atoms with Gasteiger partial charge < -0.3 is 5.32 Å². The van der Waals surface area contributed by atoms with Crippen LogP contribution in [-0.4, -0.2) is 16.5 Å². The van der Waals surface area contributed by atoms with Gasteiger partial charge in [0, 0.05) is 18.5 Å². The van der Waals surface area contributed by atoms with Crippen LogP contribution in [0.15, 0.2) is 6.07 Å². The maximum Gasteiger partial charge on any atom is 0.135 e. The number of halogens is 1. The first-order valence-corrected chi connectivity index (χ1v) is 6.81. The zero-order valence-electron chi connectivity index (χ0n) is 10.2. The number of nitrogens with zero attached hydrogens (tertiary/aromatic N) is 2. The Labute approximate surface area is 107 Å². The summed E-state index contributed by atoms with van der Waals surface area (Å²) < 4.78 is 0. The van der Waals surface area contributed by atoms with E-state index in [0.717, 1.165) is 18.2 Å². The van der Waals surface area contributed by atoms with Gasteiger partial charge in [0.1, 0.15) is 16.8 Å². The largest absolute Gasteiger partial charge is 0.369 e. The average molecular weight is 252 g/mol. The molecule has 0 unspecified atom stereocenters. The smallest absolute Gasteiger partial charge is 0.135 e. The summed E-state index contributed by atoms with van der Waals surface area (Å²) in [6.45, 7) is 3.32. The van der Waals surface area contributed by atoms with Crippen molar-refractivity contribution < 1.29 is 0 Å². The molecule has 0 bridgehead atoms. The van der Waals surface area contributed by atoms with Gasteiger partial charge >= 0.3 is 0 Å². The molecular weight excluding hydrogens is 234 g/mol. The third kappa shape index (κ3) is 2.54. The SMILES string of the molecule is CC1(CNc2cc(Cl)nc(C3CC3)n2)CCC1. The molecule has 1 aromatic rings. The van der Waals surface area contributed by atoms with Gasteiger partial charge in [-0.25, -0.2) is 9.97 Å². The number of aromatic nitrogens is 2. The van der Waals surface area contributed by atoms with Crippen molar-refractivity contribution in [2.24, 2.45) is 5.41 Å². The van der Waals surface area contributed by atoms with Gasteiger partial charge in [0.2, 0.25) is 0 Å². The van der Waals surface area contributed by atoms with Crippen LogP contribution in [0.1, 0.15) is 50.8 Å². The van der Waals surface area contributed by atoms with Crippen LogP contribution in [-0.2, 0) is 0 Å². The number of rotatable bonds is 4. The summed E-state index contributed by atoms with van der Waals surface area (Å²) in [6, 6.07) is 1.83. The first kappa shape index (κ1) is 11.3. The Morgan fingerprint density at radius 2 is 2.18 bits per heavy atom. The summed E-state index contributed by atoms with van der Waals surface area (Å²) in [7, 11) is 0. The van der Waals surface area contributed by atoms with Gasteiger partial charge in [-0.3, -0.25) is 0 Å². The van der Waals surface area contributed by atoms with E-state index in [9.17, 15) is 0 Å². The number of anilines is 1. The van der Waals surface area contributed by atoms with E-state index < -0.39 is 0 Å².